The molecule has 0 aliphatic rings. The fraction of sp³-hybridized carbons (Fsp3) is 0.0526. The maximum Gasteiger partial charge on any atom is 0.335 e. The van der Waals surface area contributed by atoms with Crippen molar-refractivity contribution in [2.75, 3.05) is 16.4 Å². The van der Waals surface area contributed by atoms with Gasteiger partial charge in [-0.25, -0.2) is 4.79 Å². The highest BCUT2D eigenvalue weighted by Crippen LogP contribution is 2.23. The van der Waals surface area contributed by atoms with Gasteiger partial charge in [-0.3, -0.25) is 14.4 Å². The highest BCUT2D eigenvalue weighted by Gasteiger charge is 2.16. The Bertz CT molecular complexity index is 1910. The van der Waals surface area contributed by atoms with Gasteiger partial charge in [0.15, 0.2) is 0 Å². The Kier molecular flexibility index (Phi) is 11.4. The van der Waals surface area contributed by atoms with Crippen LogP contribution in [-0.2, 0) is 16.2 Å². The molecule has 4 N–H and O–H groups in total. The van der Waals surface area contributed by atoms with Gasteiger partial charge >= 0.3 is 5.97 Å². The zero-order chi connectivity index (χ0) is 33.7. The third kappa shape index (κ3) is 9.93. The van der Waals surface area contributed by atoms with Crippen molar-refractivity contribution in [1.29, 1.82) is 0 Å². The molecule has 0 aromatic heterocycles. The number of amides is 3. The highest BCUT2D eigenvalue weighted by molar-refractivity contribution is 8.00. The molecular formula is C38H31N3O6S. The number of hydrogen-bond donors (Lipinski definition) is 4. The molecule has 0 spiro atoms. The van der Waals surface area contributed by atoms with E-state index in [0.29, 0.717) is 34.9 Å². The Labute approximate surface area is 281 Å². The molecule has 0 unspecified atom stereocenters. The first-order valence-electron chi connectivity index (χ1n) is 14.8. The Morgan fingerprint density at radius 3 is 2.06 bits per heavy atom. The SMILES string of the molecule is O=C(CSc1cccc(NC(=O)/C(=C/c2ccc(OCc3ccccc3)cc2)NC(=O)c2ccccc2)c1)Nc1ccc(C(=O)O)cc1. The zero-order valence-corrected chi connectivity index (χ0v) is 26.4. The van der Waals surface area contributed by atoms with Gasteiger partial charge in [-0.2, -0.15) is 0 Å². The van der Waals surface area contributed by atoms with Gasteiger partial charge in [0.1, 0.15) is 18.1 Å². The van der Waals surface area contributed by atoms with E-state index in [1.54, 1.807) is 78.9 Å². The Hall–Kier alpha value is -6.13. The smallest absolute Gasteiger partial charge is 0.335 e. The summed E-state index contributed by atoms with van der Waals surface area (Å²) in [5.74, 6) is -1.55. The molecule has 0 aliphatic carbocycles. The van der Waals surface area contributed by atoms with Crippen LogP contribution in [0.2, 0.25) is 0 Å². The third-order valence-corrected chi connectivity index (χ3v) is 7.84. The summed E-state index contributed by atoms with van der Waals surface area (Å²) in [6.07, 6.45) is 1.59. The summed E-state index contributed by atoms with van der Waals surface area (Å²) in [4.78, 5) is 50.8. The summed E-state index contributed by atoms with van der Waals surface area (Å²) in [7, 11) is 0. The van der Waals surface area contributed by atoms with Gasteiger partial charge in [-0.15, -0.1) is 11.8 Å². The molecule has 0 bridgehead atoms. The van der Waals surface area contributed by atoms with Gasteiger partial charge < -0.3 is 25.8 Å². The number of benzene rings is 5. The van der Waals surface area contributed by atoms with Crippen LogP contribution in [0.25, 0.3) is 6.08 Å². The zero-order valence-electron chi connectivity index (χ0n) is 25.6. The fourth-order valence-electron chi connectivity index (χ4n) is 4.41. The number of thioether (sulfide) groups is 1. The minimum absolute atomic E-state index is 0.0353. The topological polar surface area (TPSA) is 134 Å². The number of carbonyl (C=O) groups is 4. The monoisotopic (exact) mass is 657 g/mol. The van der Waals surface area contributed by atoms with Crippen LogP contribution in [0, 0.1) is 0 Å². The maximum absolute atomic E-state index is 13.5. The number of rotatable bonds is 13. The van der Waals surface area contributed by atoms with Crippen molar-refractivity contribution < 1.29 is 29.0 Å². The maximum atomic E-state index is 13.5. The van der Waals surface area contributed by atoms with Crippen LogP contribution in [0.4, 0.5) is 11.4 Å². The standard InChI is InChI=1S/C38H31N3O6S/c42-35(39-30-18-16-29(17-19-30)38(45)46)25-48-33-13-7-12-31(23-33)40-37(44)34(41-36(43)28-10-5-2-6-11-28)22-26-14-20-32(21-15-26)47-24-27-8-3-1-4-9-27/h1-23H,24-25H2,(H,39,42)(H,40,44)(H,41,43)(H,45,46)/b34-22-. The minimum atomic E-state index is -1.05. The largest absolute Gasteiger partial charge is 0.489 e. The molecule has 0 aliphatic heterocycles. The lowest BCUT2D eigenvalue weighted by atomic mass is 10.1. The summed E-state index contributed by atoms with van der Waals surface area (Å²) < 4.78 is 5.87. The van der Waals surface area contributed by atoms with Gasteiger partial charge in [-0.1, -0.05) is 66.7 Å². The predicted molar refractivity (Wildman–Crippen MR) is 187 cm³/mol. The molecule has 10 heteroatoms. The van der Waals surface area contributed by atoms with Crippen molar-refractivity contribution in [2.24, 2.45) is 0 Å². The molecule has 5 rings (SSSR count). The Balaban J connectivity index is 1.25. The molecule has 5 aromatic carbocycles. The molecule has 0 fully saturated rings. The van der Waals surface area contributed by atoms with E-state index in [-0.39, 0.29) is 22.9 Å². The highest BCUT2D eigenvalue weighted by atomic mass is 32.2. The van der Waals surface area contributed by atoms with E-state index < -0.39 is 17.8 Å². The van der Waals surface area contributed by atoms with Crippen LogP contribution in [0.3, 0.4) is 0 Å². The van der Waals surface area contributed by atoms with Crippen LogP contribution in [-0.4, -0.2) is 34.6 Å². The first-order valence-corrected chi connectivity index (χ1v) is 15.8. The predicted octanol–water partition coefficient (Wildman–Crippen LogP) is 7.10. The Morgan fingerprint density at radius 1 is 0.688 bits per heavy atom. The van der Waals surface area contributed by atoms with E-state index in [4.69, 9.17) is 9.84 Å². The lowest BCUT2D eigenvalue weighted by Gasteiger charge is -2.12. The van der Waals surface area contributed by atoms with E-state index in [2.05, 4.69) is 16.0 Å². The number of carbonyl (C=O) groups excluding carboxylic acids is 3. The quantitative estimate of drug-likeness (QED) is 0.0784. The molecule has 240 valence electrons. The van der Waals surface area contributed by atoms with E-state index in [9.17, 15) is 19.2 Å². The van der Waals surface area contributed by atoms with Gasteiger partial charge in [0.05, 0.1) is 11.3 Å². The number of anilines is 2. The number of aromatic carboxylic acids is 1. The van der Waals surface area contributed by atoms with E-state index in [1.807, 2.05) is 36.4 Å². The summed E-state index contributed by atoms with van der Waals surface area (Å²) in [6.45, 7) is 0.418. The fourth-order valence-corrected chi connectivity index (χ4v) is 5.17. The lowest BCUT2D eigenvalue weighted by molar-refractivity contribution is -0.114. The average molecular weight is 658 g/mol. The van der Waals surface area contributed by atoms with E-state index in [1.165, 1.54) is 36.0 Å². The van der Waals surface area contributed by atoms with Crippen LogP contribution in [0.1, 0.15) is 31.8 Å². The molecule has 0 saturated heterocycles. The number of nitrogens with one attached hydrogen (secondary N) is 3. The summed E-state index contributed by atoms with van der Waals surface area (Å²) in [6, 6.07) is 38.5. The van der Waals surface area contributed by atoms with Gasteiger partial charge in [-0.05, 0) is 83.9 Å². The first kappa shape index (κ1) is 33.2. The van der Waals surface area contributed by atoms with Crippen molar-refractivity contribution in [3.63, 3.8) is 0 Å². The number of carboxylic acids is 1. The molecule has 0 atom stereocenters. The van der Waals surface area contributed by atoms with Crippen LogP contribution in [0.15, 0.2) is 144 Å². The van der Waals surface area contributed by atoms with Crippen molar-refractivity contribution in [3.05, 3.63) is 161 Å². The van der Waals surface area contributed by atoms with Crippen LogP contribution in [0.5, 0.6) is 5.75 Å². The van der Waals surface area contributed by atoms with Crippen molar-refractivity contribution in [2.45, 2.75) is 11.5 Å². The van der Waals surface area contributed by atoms with Gasteiger partial charge in [0.2, 0.25) is 5.91 Å². The number of ether oxygens (including phenoxy) is 1. The molecule has 9 nitrogen and oxygen atoms in total. The molecule has 5 aromatic rings. The third-order valence-electron chi connectivity index (χ3n) is 6.85. The second kappa shape index (κ2) is 16.4. The van der Waals surface area contributed by atoms with Gasteiger partial charge in [0.25, 0.3) is 11.8 Å². The molecule has 3 amide bonds. The molecular weight excluding hydrogens is 627 g/mol. The second-order valence-corrected chi connectivity index (χ2v) is 11.5. The molecule has 0 heterocycles. The number of carboxylic acid groups (broad SMARTS) is 1. The summed E-state index contributed by atoms with van der Waals surface area (Å²) in [5, 5.41) is 17.4. The molecule has 0 radical (unpaired) electrons. The summed E-state index contributed by atoms with van der Waals surface area (Å²) in [5.41, 5.74) is 3.23. The van der Waals surface area contributed by atoms with Crippen molar-refractivity contribution in [1.82, 2.24) is 5.32 Å². The van der Waals surface area contributed by atoms with E-state index in [0.717, 1.165) is 10.5 Å². The first-order chi connectivity index (χ1) is 23.3. The van der Waals surface area contributed by atoms with Crippen molar-refractivity contribution >= 4 is 52.9 Å². The normalized spacial score (nSPS) is 10.9. The second-order valence-electron chi connectivity index (χ2n) is 10.4. The Morgan fingerprint density at radius 2 is 1.38 bits per heavy atom. The van der Waals surface area contributed by atoms with Gasteiger partial charge in [0, 0.05) is 21.8 Å². The minimum Gasteiger partial charge on any atom is -0.489 e. The molecule has 48 heavy (non-hydrogen) atoms. The summed E-state index contributed by atoms with van der Waals surface area (Å²) >= 11 is 1.27. The average Bonchev–Trinajstić information content (AvgIpc) is 3.11. The lowest BCUT2D eigenvalue weighted by Crippen LogP contribution is -2.30. The molecule has 0 saturated carbocycles. The van der Waals surface area contributed by atoms with Crippen LogP contribution >= 0.6 is 11.8 Å². The van der Waals surface area contributed by atoms with Crippen LogP contribution < -0.4 is 20.7 Å². The van der Waals surface area contributed by atoms with Crippen molar-refractivity contribution in [3.8, 4) is 5.75 Å². The van der Waals surface area contributed by atoms with E-state index >= 15 is 0 Å². The number of hydrogen-bond acceptors (Lipinski definition) is 6.